The van der Waals surface area contributed by atoms with Crippen molar-refractivity contribution < 1.29 is 0 Å². The van der Waals surface area contributed by atoms with Gasteiger partial charge >= 0.3 is 0 Å². The minimum Gasteiger partial charge on any atom is -0.311 e. The zero-order valence-electron chi connectivity index (χ0n) is 9.34. The molecule has 0 aromatic rings. The lowest BCUT2D eigenvalue weighted by Crippen LogP contribution is -2.39. The normalized spacial score (nSPS) is 41.1. The van der Waals surface area contributed by atoms with E-state index in [0.717, 1.165) is 30.8 Å². The second-order valence-electron chi connectivity index (χ2n) is 5.76. The SMILES string of the molecule is N#C[C@]1(C2CC2)CC[C@@H](NC2CC2)CC1. The molecule has 82 valence electrons. The Kier molecular flexibility index (Phi) is 2.25. The minimum atomic E-state index is 0.0851. The minimum absolute atomic E-state index is 0.0851. The maximum absolute atomic E-state index is 9.36. The molecule has 15 heavy (non-hydrogen) atoms. The van der Waals surface area contributed by atoms with Gasteiger partial charge in [-0.25, -0.2) is 0 Å². The highest BCUT2D eigenvalue weighted by Crippen LogP contribution is 2.53. The highest BCUT2D eigenvalue weighted by atomic mass is 15.0. The molecule has 3 aliphatic carbocycles. The van der Waals surface area contributed by atoms with Crippen LogP contribution >= 0.6 is 0 Å². The number of hydrogen-bond donors (Lipinski definition) is 1. The van der Waals surface area contributed by atoms with Gasteiger partial charge in [-0.05, 0) is 57.3 Å². The molecule has 0 saturated heterocycles. The van der Waals surface area contributed by atoms with Crippen LogP contribution < -0.4 is 5.32 Å². The number of rotatable bonds is 3. The van der Waals surface area contributed by atoms with E-state index < -0.39 is 0 Å². The second kappa shape index (κ2) is 3.49. The van der Waals surface area contributed by atoms with E-state index in [1.54, 1.807) is 0 Å². The molecule has 0 aromatic heterocycles. The average Bonchev–Trinajstić information content (AvgIpc) is 3.13. The summed E-state index contributed by atoms with van der Waals surface area (Å²) in [7, 11) is 0. The maximum atomic E-state index is 9.36. The fourth-order valence-electron chi connectivity index (χ4n) is 3.13. The molecule has 0 spiro atoms. The molecular formula is C13H20N2. The lowest BCUT2D eigenvalue weighted by molar-refractivity contribution is 0.196. The van der Waals surface area contributed by atoms with E-state index in [0.29, 0.717) is 0 Å². The molecule has 0 bridgehead atoms. The van der Waals surface area contributed by atoms with Gasteiger partial charge in [0.15, 0.2) is 0 Å². The van der Waals surface area contributed by atoms with Crippen molar-refractivity contribution in [3.63, 3.8) is 0 Å². The van der Waals surface area contributed by atoms with E-state index in [1.165, 1.54) is 38.5 Å². The van der Waals surface area contributed by atoms with E-state index in [1.807, 2.05) is 0 Å². The molecular weight excluding hydrogens is 184 g/mol. The third kappa shape index (κ3) is 1.90. The standard InChI is InChI=1S/C13H20N2/c14-9-13(10-1-2-10)7-5-12(6-8-13)15-11-3-4-11/h10-12,15H,1-8H2/t12-,13+. The summed E-state index contributed by atoms with van der Waals surface area (Å²) in [5.74, 6) is 0.754. The van der Waals surface area contributed by atoms with E-state index in [-0.39, 0.29) is 5.41 Å². The molecule has 3 rings (SSSR count). The number of nitrogens with one attached hydrogen (secondary N) is 1. The monoisotopic (exact) mass is 204 g/mol. The molecule has 3 saturated carbocycles. The molecule has 0 radical (unpaired) electrons. The smallest absolute Gasteiger partial charge is 0.0692 e. The summed E-state index contributed by atoms with van der Waals surface area (Å²) in [4.78, 5) is 0. The van der Waals surface area contributed by atoms with Gasteiger partial charge in [0.1, 0.15) is 0 Å². The van der Waals surface area contributed by atoms with Crippen molar-refractivity contribution in [2.75, 3.05) is 0 Å². The Morgan fingerprint density at radius 2 is 1.53 bits per heavy atom. The molecule has 0 aliphatic heterocycles. The largest absolute Gasteiger partial charge is 0.311 e. The van der Waals surface area contributed by atoms with Crippen molar-refractivity contribution in [1.82, 2.24) is 5.32 Å². The van der Waals surface area contributed by atoms with Crippen molar-refractivity contribution in [2.24, 2.45) is 11.3 Å². The average molecular weight is 204 g/mol. The Labute approximate surface area is 92.0 Å². The Morgan fingerprint density at radius 3 is 2.00 bits per heavy atom. The van der Waals surface area contributed by atoms with E-state index in [2.05, 4.69) is 11.4 Å². The summed E-state index contributed by atoms with van der Waals surface area (Å²) in [6, 6.07) is 4.19. The highest BCUT2D eigenvalue weighted by molar-refractivity contribution is 5.10. The van der Waals surface area contributed by atoms with Gasteiger partial charge < -0.3 is 5.32 Å². The summed E-state index contributed by atoms with van der Waals surface area (Å²) >= 11 is 0. The Hall–Kier alpha value is -0.550. The molecule has 0 unspecified atom stereocenters. The van der Waals surface area contributed by atoms with Crippen LogP contribution in [0.1, 0.15) is 51.4 Å². The van der Waals surface area contributed by atoms with Crippen LogP contribution in [0, 0.1) is 22.7 Å². The van der Waals surface area contributed by atoms with Crippen LogP contribution in [0.2, 0.25) is 0 Å². The number of nitriles is 1. The predicted octanol–water partition coefficient (Wildman–Crippen LogP) is 2.60. The Balaban J connectivity index is 1.56. The molecule has 0 aromatic carbocycles. The molecule has 3 aliphatic rings. The van der Waals surface area contributed by atoms with Gasteiger partial charge in [-0.15, -0.1) is 0 Å². The summed E-state index contributed by atoms with van der Waals surface area (Å²) in [5.41, 5.74) is 0.0851. The fraction of sp³-hybridized carbons (Fsp3) is 0.923. The molecule has 0 atom stereocenters. The van der Waals surface area contributed by atoms with Crippen LogP contribution in [-0.4, -0.2) is 12.1 Å². The summed E-state index contributed by atoms with van der Waals surface area (Å²) < 4.78 is 0. The first-order valence-electron chi connectivity index (χ1n) is 6.50. The Morgan fingerprint density at radius 1 is 0.933 bits per heavy atom. The van der Waals surface area contributed by atoms with Crippen LogP contribution in [-0.2, 0) is 0 Å². The third-order valence-electron chi connectivity index (χ3n) is 4.51. The van der Waals surface area contributed by atoms with Gasteiger partial charge in [0.2, 0.25) is 0 Å². The molecule has 0 heterocycles. The molecule has 3 fully saturated rings. The van der Waals surface area contributed by atoms with Gasteiger partial charge in [-0.1, -0.05) is 0 Å². The highest BCUT2D eigenvalue weighted by Gasteiger charge is 2.47. The predicted molar refractivity (Wildman–Crippen MR) is 59.2 cm³/mol. The Bertz CT molecular complexity index is 275. The lowest BCUT2D eigenvalue weighted by atomic mass is 9.70. The van der Waals surface area contributed by atoms with Crippen LogP contribution in [0.15, 0.2) is 0 Å². The van der Waals surface area contributed by atoms with Crippen LogP contribution in [0.25, 0.3) is 0 Å². The summed E-state index contributed by atoms with van der Waals surface area (Å²) in [5, 5.41) is 13.1. The van der Waals surface area contributed by atoms with Gasteiger partial charge in [0, 0.05) is 12.1 Å². The van der Waals surface area contributed by atoms with Gasteiger partial charge in [-0.2, -0.15) is 5.26 Å². The van der Waals surface area contributed by atoms with Crippen molar-refractivity contribution in [1.29, 1.82) is 5.26 Å². The first-order chi connectivity index (χ1) is 7.32. The second-order valence-corrected chi connectivity index (χ2v) is 5.76. The molecule has 2 heteroatoms. The number of hydrogen-bond acceptors (Lipinski definition) is 2. The third-order valence-corrected chi connectivity index (χ3v) is 4.51. The van der Waals surface area contributed by atoms with Gasteiger partial charge in [-0.3, -0.25) is 0 Å². The van der Waals surface area contributed by atoms with Gasteiger partial charge in [0.25, 0.3) is 0 Å². The fourth-order valence-corrected chi connectivity index (χ4v) is 3.13. The zero-order chi connectivity index (χ0) is 10.3. The maximum Gasteiger partial charge on any atom is 0.0692 e. The lowest BCUT2D eigenvalue weighted by Gasteiger charge is -2.35. The van der Waals surface area contributed by atoms with E-state index >= 15 is 0 Å². The number of nitrogens with zero attached hydrogens (tertiary/aromatic N) is 1. The van der Waals surface area contributed by atoms with Crippen molar-refractivity contribution in [2.45, 2.75) is 63.5 Å². The van der Waals surface area contributed by atoms with Crippen molar-refractivity contribution in [3.8, 4) is 6.07 Å². The quantitative estimate of drug-likeness (QED) is 0.767. The van der Waals surface area contributed by atoms with Crippen LogP contribution in [0.3, 0.4) is 0 Å². The topological polar surface area (TPSA) is 35.8 Å². The van der Waals surface area contributed by atoms with E-state index in [4.69, 9.17) is 0 Å². The first kappa shape index (κ1) is 9.66. The van der Waals surface area contributed by atoms with Crippen molar-refractivity contribution in [3.05, 3.63) is 0 Å². The molecule has 1 N–H and O–H groups in total. The zero-order valence-corrected chi connectivity index (χ0v) is 9.34. The summed E-state index contributed by atoms with van der Waals surface area (Å²) in [6.45, 7) is 0. The van der Waals surface area contributed by atoms with Crippen molar-refractivity contribution >= 4 is 0 Å². The molecule has 2 nitrogen and oxygen atoms in total. The van der Waals surface area contributed by atoms with E-state index in [9.17, 15) is 5.26 Å². The van der Waals surface area contributed by atoms with Crippen LogP contribution in [0.5, 0.6) is 0 Å². The van der Waals surface area contributed by atoms with Gasteiger partial charge in [0.05, 0.1) is 11.5 Å². The molecule has 0 amide bonds. The first-order valence-corrected chi connectivity index (χ1v) is 6.50. The summed E-state index contributed by atoms with van der Waals surface area (Å²) in [6.07, 6.45) is 10.2. The van der Waals surface area contributed by atoms with Crippen LogP contribution in [0.4, 0.5) is 0 Å².